The first-order valence-corrected chi connectivity index (χ1v) is 18.8. The highest BCUT2D eigenvalue weighted by Gasteiger charge is 2.39. The first-order chi connectivity index (χ1) is 26.5. The number of hydrogen-bond acceptors (Lipinski definition) is 9. The van der Waals surface area contributed by atoms with E-state index in [1.54, 1.807) is 22.2 Å². The number of rotatable bonds is 12. The molecule has 2 fully saturated rings. The van der Waals surface area contributed by atoms with Gasteiger partial charge in [0.05, 0.1) is 50.1 Å². The van der Waals surface area contributed by atoms with Crippen molar-refractivity contribution in [3.05, 3.63) is 72.6 Å². The van der Waals surface area contributed by atoms with Crippen LogP contribution in [0.1, 0.15) is 77.1 Å². The zero-order chi connectivity index (χ0) is 39.2. The van der Waals surface area contributed by atoms with Gasteiger partial charge in [-0.15, -0.1) is 0 Å². The third kappa shape index (κ3) is 8.76. The Morgan fingerprint density at radius 2 is 1.18 bits per heavy atom. The van der Waals surface area contributed by atoms with E-state index in [9.17, 15) is 19.2 Å². The lowest BCUT2D eigenvalue weighted by Gasteiger charge is -2.30. The van der Waals surface area contributed by atoms with Gasteiger partial charge in [0, 0.05) is 18.7 Å². The molecule has 2 saturated heterocycles. The maximum absolute atomic E-state index is 13.5. The summed E-state index contributed by atoms with van der Waals surface area (Å²) in [6, 6.07) is 13.5. The van der Waals surface area contributed by atoms with Gasteiger partial charge in [-0.3, -0.25) is 9.59 Å². The fourth-order valence-corrected chi connectivity index (χ4v) is 7.26. The van der Waals surface area contributed by atoms with Crippen molar-refractivity contribution in [3.8, 4) is 34.0 Å². The van der Waals surface area contributed by atoms with Crippen LogP contribution >= 0.6 is 0 Å². The van der Waals surface area contributed by atoms with Crippen LogP contribution in [-0.4, -0.2) is 93.1 Å². The summed E-state index contributed by atoms with van der Waals surface area (Å²) in [5.41, 5.74) is 3.39. The fraction of sp³-hybridized carbons (Fsp3) is 0.450. The van der Waals surface area contributed by atoms with Crippen molar-refractivity contribution in [2.75, 3.05) is 27.3 Å². The van der Waals surface area contributed by atoms with Gasteiger partial charge in [-0.25, -0.2) is 19.6 Å². The van der Waals surface area contributed by atoms with Gasteiger partial charge >= 0.3 is 12.2 Å². The molecule has 0 aliphatic carbocycles. The van der Waals surface area contributed by atoms with E-state index in [0.29, 0.717) is 36.2 Å². The first-order valence-electron chi connectivity index (χ1n) is 18.8. The number of hydrogen-bond donors (Lipinski definition) is 4. The van der Waals surface area contributed by atoms with E-state index in [0.717, 1.165) is 48.2 Å². The number of methoxy groups -OCH3 is 2. The number of carbonyl (C=O) groups excluding carboxylic acids is 4. The number of aromatic amines is 2. The summed E-state index contributed by atoms with van der Waals surface area (Å²) in [5, 5.41) is 5.37. The fourth-order valence-electron chi connectivity index (χ4n) is 7.26. The number of alkyl carbamates (subject to hydrolysis) is 2. The van der Waals surface area contributed by atoms with Crippen LogP contribution in [-0.2, 0) is 19.1 Å². The lowest BCUT2D eigenvalue weighted by Crippen LogP contribution is -2.51. The molecular weight excluding hydrogens is 704 g/mol. The van der Waals surface area contributed by atoms with E-state index < -0.39 is 24.3 Å². The minimum absolute atomic E-state index is 0.115. The second kappa shape index (κ2) is 17.1. The van der Waals surface area contributed by atoms with Crippen LogP contribution in [0.2, 0.25) is 0 Å². The van der Waals surface area contributed by atoms with Crippen molar-refractivity contribution in [3.63, 3.8) is 0 Å². The van der Waals surface area contributed by atoms with Crippen LogP contribution < -0.4 is 15.4 Å². The molecule has 4 heterocycles. The molecule has 0 spiro atoms. The standard InChI is InChI=1S/C40H50N8O7/c1-23(2)33(45-39(51)53-5)37(49)47-18-8-12-31(47)35-41-21-29(43-35)25-14-16-27(17-15-25)55-28-11-7-10-26(20-28)30-22-42-36(44-30)32-13-9-19-48(32)38(50)34(24(3)4)46-40(52)54-6/h7,10-11,14-17,20-24,31-34H,8-9,12-13,18-19H2,1-6H3,(H,41,43)(H,42,44)(H,45,51)(H,46,52)/t31-,32-,33-,34-/m0/s1. The number of carbonyl (C=O) groups is 4. The highest BCUT2D eigenvalue weighted by Crippen LogP contribution is 2.35. The van der Waals surface area contributed by atoms with Crippen molar-refractivity contribution in [1.29, 1.82) is 0 Å². The van der Waals surface area contributed by atoms with Crippen molar-refractivity contribution >= 4 is 24.0 Å². The van der Waals surface area contributed by atoms with Crippen LogP contribution in [0.4, 0.5) is 9.59 Å². The smallest absolute Gasteiger partial charge is 0.407 e. The van der Waals surface area contributed by atoms with Gasteiger partial charge in [-0.05, 0) is 79.5 Å². The zero-order valence-electron chi connectivity index (χ0n) is 32.1. The molecule has 0 radical (unpaired) electrons. The Kier molecular flexibility index (Phi) is 12.1. The Labute approximate surface area is 320 Å². The number of nitrogens with one attached hydrogen (secondary N) is 4. The third-order valence-corrected chi connectivity index (χ3v) is 10.2. The largest absolute Gasteiger partial charge is 0.457 e. The molecule has 2 aromatic carbocycles. The van der Waals surface area contributed by atoms with Crippen LogP contribution in [0.3, 0.4) is 0 Å². The van der Waals surface area contributed by atoms with E-state index in [1.165, 1.54) is 14.2 Å². The highest BCUT2D eigenvalue weighted by atomic mass is 16.5. The maximum atomic E-state index is 13.5. The molecule has 0 saturated carbocycles. The molecule has 15 nitrogen and oxygen atoms in total. The summed E-state index contributed by atoms with van der Waals surface area (Å²) < 4.78 is 15.7. The van der Waals surface area contributed by atoms with Crippen LogP contribution in [0.25, 0.3) is 22.5 Å². The van der Waals surface area contributed by atoms with Crippen LogP contribution in [0.5, 0.6) is 11.5 Å². The zero-order valence-corrected chi connectivity index (χ0v) is 32.1. The van der Waals surface area contributed by atoms with E-state index in [1.807, 2.05) is 76.2 Å². The van der Waals surface area contributed by atoms with Gasteiger partial charge in [0.15, 0.2) is 0 Å². The summed E-state index contributed by atoms with van der Waals surface area (Å²) in [6.07, 6.45) is 5.45. The number of benzene rings is 2. The SMILES string of the molecule is COC(=O)N[C@H](C(=O)N1CCC[C@H]1c1ncc(-c2ccc(Oc3cccc(-c4cnc([C@@H]5CCCN5C(=O)[C@@H](NC(=O)OC)C(C)C)[nH]4)c3)cc2)[nH]1)C(C)C. The molecule has 4 atom stereocenters. The van der Waals surface area contributed by atoms with Crippen molar-refractivity contribution in [2.24, 2.45) is 11.8 Å². The minimum Gasteiger partial charge on any atom is -0.457 e. The van der Waals surface area contributed by atoms with E-state index in [4.69, 9.17) is 14.2 Å². The molecule has 2 aliphatic rings. The van der Waals surface area contributed by atoms with Crippen molar-refractivity contribution in [2.45, 2.75) is 77.5 Å². The lowest BCUT2D eigenvalue weighted by molar-refractivity contribution is -0.136. The second-order valence-electron chi connectivity index (χ2n) is 14.6. The summed E-state index contributed by atoms with van der Waals surface area (Å²) in [4.78, 5) is 70.7. The number of H-pyrrole nitrogens is 2. The predicted molar refractivity (Wildman–Crippen MR) is 204 cm³/mol. The van der Waals surface area contributed by atoms with Gasteiger partial charge in [-0.2, -0.15) is 0 Å². The number of likely N-dealkylation sites (tertiary alicyclic amines) is 2. The summed E-state index contributed by atoms with van der Waals surface area (Å²) >= 11 is 0. The molecule has 0 bridgehead atoms. The molecule has 15 heteroatoms. The summed E-state index contributed by atoms with van der Waals surface area (Å²) in [5.74, 6) is 2.13. The lowest BCUT2D eigenvalue weighted by atomic mass is 10.0. The Balaban J connectivity index is 1.10. The van der Waals surface area contributed by atoms with E-state index in [2.05, 4.69) is 30.6 Å². The normalized spacial score (nSPS) is 18.0. The minimum atomic E-state index is -0.704. The number of amides is 4. The van der Waals surface area contributed by atoms with E-state index in [-0.39, 0.29) is 35.7 Å². The topological polar surface area (TPSA) is 184 Å². The Morgan fingerprint density at radius 1 is 0.691 bits per heavy atom. The van der Waals surface area contributed by atoms with Gasteiger partial charge in [0.25, 0.3) is 0 Å². The molecule has 292 valence electrons. The Morgan fingerprint density at radius 3 is 1.65 bits per heavy atom. The molecule has 6 rings (SSSR count). The molecule has 4 aromatic rings. The number of nitrogens with zero attached hydrogens (tertiary/aromatic N) is 4. The number of aromatic nitrogens is 4. The van der Waals surface area contributed by atoms with Gasteiger partial charge in [-0.1, -0.05) is 39.8 Å². The first kappa shape index (κ1) is 38.9. The van der Waals surface area contributed by atoms with Gasteiger partial charge in [0.1, 0.15) is 35.2 Å². The van der Waals surface area contributed by atoms with Gasteiger partial charge < -0.3 is 44.6 Å². The highest BCUT2D eigenvalue weighted by molar-refractivity contribution is 5.87. The van der Waals surface area contributed by atoms with Gasteiger partial charge in [0.2, 0.25) is 11.8 Å². The number of ether oxygens (including phenoxy) is 3. The maximum Gasteiger partial charge on any atom is 0.407 e. The molecule has 4 N–H and O–H groups in total. The molecule has 2 aliphatic heterocycles. The number of imidazole rings is 2. The van der Waals surface area contributed by atoms with E-state index >= 15 is 0 Å². The van der Waals surface area contributed by atoms with Crippen LogP contribution in [0.15, 0.2) is 60.9 Å². The predicted octanol–water partition coefficient (Wildman–Crippen LogP) is 6.35. The average molecular weight is 755 g/mol. The Bertz CT molecular complexity index is 1970. The van der Waals surface area contributed by atoms with Crippen LogP contribution in [0, 0.1) is 11.8 Å². The van der Waals surface area contributed by atoms with Crippen molar-refractivity contribution in [1.82, 2.24) is 40.4 Å². The van der Waals surface area contributed by atoms with Crippen molar-refractivity contribution < 1.29 is 33.4 Å². The third-order valence-electron chi connectivity index (χ3n) is 10.2. The Hall–Kier alpha value is -5.86. The summed E-state index contributed by atoms with van der Waals surface area (Å²) in [6.45, 7) is 8.72. The molecular formula is C40H50N8O7. The molecule has 2 aromatic heterocycles. The molecule has 0 unspecified atom stereocenters. The monoisotopic (exact) mass is 754 g/mol. The second-order valence-corrected chi connectivity index (χ2v) is 14.6. The molecule has 4 amide bonds. The summed E-state index contributed by atoms with van der Waals surface area (Å²) in [7, 11) is 2.56. The molecule has 55 heavy (non-hydrogen) atoms. The quantitative estimate of drug-likeness (QED) is 0.128. The average Bonchev–Trinajstić information content (AvgIpc) is 4.02.